The van der Waals surface area contributed by atoms with Gasteiger partial charge in [-0.2, -0.15) is 0 Å². The maximum atomic E-state index is 11.8. The van der Waals surface area contributed by atoms with Gasteiger partial charge in [0.15, 0.2) is 0 Å². The molecule has 0 radical (unpaired) electrons. The topological polar surface area (TPSA) is 49.3 Å². The zero-order valence-electron chi connectivity index (χ0n) is 10.3. The third-order valence-corrected chi connectivity index (χ3v) is 2.64. The van der Waals surface area contributed by atoms with E-state index >= 15 is 0 Å². The number of hydrogen-bond donors (Lipinski definition) is 2. The Kier molecular flexibility index (Phi) is 3.84. The van der Waals surface area contributed by atoms with Gasteiger partial charge >= 0.3 is 0 Å². The van der Waals surface area contributed by atoms with Crippen LogP contribution in [0.15, 0.2) is 48.5 Å². The normalized spacial score (nSPS) is 9.63. The van der Waals surface area contributed by atoms with Crippen LogP contribution in [-0.4, -0.2) is 11.0 Å². The molecule has 0 unspecified atom stereocenters. The second kappa shape index (κ2) is 5.74. The molecule has 2 rings (SSSR count). The van der Waals surface area contributed by atoms with Crippen molar-refractivity contribution in [3.8, 4) is 18.1 Å². The first-order valence-electron chi connectivity index (χ1n) is 5.82. The third-order valence-electron chi connectivity index (χ3n) is 2.64. The van der Waals surface area contributed by atoms with E-state index in [1.807, 2.05) is 0 Å². The first kappa shape index (κ1) is 12.7. The number of carbonyl (C=O) groups excluding carboxylic acids is 1. The summed E-state index contributed by atoms with van der Waals surface area (Å²) >= 11 is 0. The van der Waals surface area contributed by atoms with Crippen molar-refractivity contribution in [2.45, 2.75) is 6.42 Å². The van der Waals surface area contributed by atoms with E-state index < -0.39 is 0 Å². The fraction of sp³-hybridized carbons (Fsp3) is 0.0625. The van der Waals surface area contributed by atoms with Crippen LogP contribution in [0, 0.1) is 12.3 Å². The molecule has 0 aliphatic heterocycles. The van der Waals surface area contributed by atoms with Crippen molar-refractivity contribution in [3.63, 3.8) is 0 Å². The molecule has 0 bridgehead atoms. The number of phenols is 1. The number of phenolic OH excluding ortho intramolecular Hbond substituents is 1. The van der Waals surface area contributed by atoms with E-state index in [9.17, 15) is 4.79 Å². The number of aromatic hydroxyl groups is 1. The van der Waals surface area contributed by atoms with E-state index in [0.29, 0.717) is 5.69 Å². The summed E-state index contributed by atoms with van der Waals surface area (Å²) in [5, 5.41) is 11.9. The lowest BCUT2D eigenvalue weighted by molar-refractivity contribution is -0.115. The Labute approximate surface area is 111 Å². The van der Waals surface area contributed by atoms with Crippen LogP contribution < -0.4 is 5.32 Å². The summed E-state index contributed by atoms with van der Waals surface area (Å²) < 4.78 is 0. The maximum absolute atomic E-state index is 11.8. The second-order valence-electron chi connectivity index (χ2n) is 4.11. The lowest BCUT2D eigenvalue weighted by Gasteiger charge is -2.05. The number of rotatable bonds is 3. The highest BCUT2D eigenvalue weighted by Crippen LogP contribution is 2.12. The Morgan fingerprint density at radius 3 is 2.32 bits per heavy atom. The fourth-order valence-electron chi connectivity index (χ4n) is 1.65. The molecule has 0 aliphatic rings. The highest BCUT2D eigenvalue weighted by molar-refractivity contribution is 5.92. The molecule has 0 aromatic heterocycles. The lowest BCUT2D eigenvalue weighted by Crippen LogP contribution is -2.14. The first-order valence-corrected chi connectivity index (χ1v) is 5.82. The molecular weight excluding hydrogens is 238 g/mol. The number of terminal acetylenes is 1. The summed E-state index contributed by atoms with van der Waals surface area (Å²) in [6.45, 7) is 0. The summed E-state index contributed by atoms with van der Waals surface area (Å²) in [7, 11) is 0. The van der Waals surface area contributed by atoms with Gasteiger partial charge in [0.05, 0.1) is 6.42 Å². The van der Waals surface area contributed by atoms with E-state index in [2.05, 4.69) is 11.2 Å². The summed E-state index contributed by atoms with van der Waals surface area (Å²) in [6, 6.07) is 13.6. The predicted molar refractivity (Wildman–Crippen MR) is 74.8 cm³/mol. The predicted octanol–water partition coefficient (Wildman–Crippen LogP) is 2.55. The van der Waals surface area contributed by atoms with Crippen molar-refractivity contribution >= 4 is 11.6 Å². The van der Waals surface area contributed by atoms with Crippen LogP contribution in [0.4, 0.5) is 5.69 Å². The Bertz CT molecular complexity index is 607. The lowest BCUT2D eigenvalue weighted by atomic mass is 10.1. The third kappa shape index (κ3) is 3.62. The molecule has 0 atom stereocenters. The van der Waals surface area contributed by atoms with Crippen LogP contribution in [0.3, 0.4) is 0 Å². The molecule has 94 valence electrons. The monoisotopic (exact) mass is 251 g/mol. The molecule has 0 spiro atoms. The van der Waals surface area contributed by atoms with Crippen LogP contribution in [0.5, 0.6) is 5.75 Å². The van der Waals surface area contributed by atoms with Crippen molar-refractivity contribution in [2.24, 2.45) is 0 Å². The standard InChI is InChI=1S/C16H13NO2/c1-2-12-3-7-14(8-4-12)17-16(19)11-13-5-9-15(18)10-6-13/h1,3-10,18H,11H2,(H,17,19). The molecule has 2 N–H and O–H groups in total. The Hall–Kier alpha value is -2.73. The van der Waals surface area contributed by atoms with Crippen molar-refractivity contribution in [1.82, 2.24) is 0 Å². The SMILES string of the molecule is C#Cc1ccc(NC(=O)Cc2ccc(O)cc2)cc1. The van der Waals surface area contributed by atoms with Crippen molar-refractivity contribution in [3.05, 3.63) is 59.7 Å². The molecular formula is C16H13NO2. The van der Waals surface area contributed by atoms with Gasteiger partial charge in [-0.05, 0) is 42.0 Å². The van der Waals surface area contributed by atoms with Crippen LogP contribution in [-0.2, 0) is 11.2 Å². The molecule has 3 nitrogen and oxygen atoms in total. The molecule has 0 aliphatic carbocycles. The van der Waals surface area contributed by atoms with Gasteiger partial charge in [-0.3, -0.25) is 4.79 Å². The average Bonchev–Trinajstić information content (AvgIpc) is 2.42. The molecule has 0 heterocycles. The van der Waals surface area contributed by atoms with Gasteiger partial charge in [0.1, 0.15) is 5.75 Å². The van der Waals surface area contributed by atoms with Crippen LogP contribution in [0.2, 0.25) is 0 Å². The zero-order chi connectivity index (χ0) is 13.7. The minimum Gasteiger partial charge on any atom is -0.508 e. The Morgan fingerprint density at radius 1 is 1.11 bits per heavy atom. The van der Waals surface area contributed by atoms with Crippen LogP contribution in [0.1, 0.15) is 11.1 Å². The number of nitrogens with one attached hydrogen (secondary N) is 1. The molecule has 0 saturated carbocycles. The van der Waals surface area contributed by atoms with Crippen LogP contribution >= 0.6 is 0 Å². The average molecular weight is 251 g/mol. The van der Waals surface area contributed by atoms with Gasteiger partial charge in [0, 0.05) is 11.3 Å². The number of anilines is 1. The Morgan fingerprint density at radius 2 is 1.74 bits per heavy atom. The molecule has 0 fully saturated rings. The van der Waals surface area contributed by atoms with Crippen LogP contribution in [0.25, 0.3) is 0 Å². The van der Waals surface area contributed by atoms with Gasteiger partial charge in [-0.1, -0.05) is 18.1 Å². The summed E-state index contributed by atoms with van der Waals surface area (Å²) in [4.78, 5) is 11.8. The van der Waals surface area contributed by atoms with E-state index in [-0.39, 0.29) is 18.1 Å². The second-order valence-corrected chi connectivity index (χ2v) is 4.11. The minimum absolute atomic E-state index is 0.112. The van der Waals surface area contributed by atoms with Gasteiger partial charge in [0.25, 0.3) is 0 Å². The van der Waals surface area contributed by atoms with E-state index in [1.54, 1.807) is 48.5 Å². The van der Waals surface area contributed by atoms with Crippen molar-refractivity contribution in [1.29, 1.82) is 0 Å². The maximum Gasteiger partial charge on any atom is 0.228 e. The summed E-state index contributed by atoms with van der Waals surface area (Å²) in [5.41, 5.74) is 2.33. The van der Waals surface area contributed by atoms with Gasteiger partial charge in [-0.15, -0.1) is 6.42 Å². The van der Waals surface area contributed by atoms with E-state index in [1.165, 1.54) is 0 Å². The number of carbonyl (C=O) groups is 1. The van der Waals surface area contributed by atoms with Crippen molar-refractivity contribution in [2.75, 3.05) is 5.32 Å². The van der Waals surface area contributed by atoms with E-state index in [0.717, 1.165) is 11.1 Å². The quantitative estimate of drug-likeness (QED) is 0.824. The largest absolute Gasteiger partial charge is 0.508 e. The molecule has 19 heavy (non-hydrogen) atoms. The van der Waals surface area contributed by atoms with Gasteiger partial charge in [-0.25, -0.2) is 0 Å². The minimum atomic E-state index is -0.112. The Balaban J connectivity index is 1.97. The van der Waals surface area contributed by atoms with Gasteiger partial charge in [0.2, 0.25) is 5.91 Å². The molecule has 2 aromatic rings. The number of amides is 1. The summed E-state index contributed by atoms with van der Waals surface area (Å²) in [5.74, 6) is 2.59. The number of benzene rings is 2. The molecule has 1 amide bonds. The molecule has 3 heteroatoms. The number of hydrogen-bond acceptors (Lipinski definition) is 2. The molecule has 0 saturated heterocycles. The smallest absolute Gasteiger partial charge is 0.228 e. The highest BCUT2D eigenvalue weighted by Gasteiger charge is 2.04. The summed E-state index contributed by atoms with van der Waals surface area (Å²) in [6.07, 6.45) is 5.52. The first-order chi connectivity index (χ1) is 9.17. The van der Waals surface area contributed by atoms with Gasteiger partial charge < -0.3 is 10.4 Å². The highest BCUT2D eigenvalue weighted by atomic mass is 16.3. The fourth-order valence-corrected chi connectivity index (χ4v) is 1.65. The molecule has 2 aromatic carbocycles. The van der Waals surface area contributed by atoms with E-state index in [4.69, 9.17) is 11.5 Å². The zero-order valence-corrected chi connectivity index (χ0v) is 10.3. The van der Waals surface area contributed by atoms with Crippen molar-refractivity contribution < 1.29 is 9.90 Å².